The summed E-state index contributed by atoms with van der Waals surface area (Å²) in [5.41, 5.74) is 5.33. The lowest BCUT2D eigenvalue weighted by Crippen LogP contribution is -2.54. The van der Waals surface area contributed by atoms with Gasteiger partial charge in [0.05, 0.1) is 0 Å². The SMILES string of the molecule is CCn1cc(S(=O)(=O)NC2(CN)CCCCC2)nc1C. The van der Waals surface area contributed by atoms with E-state index in [2.05, 4.69) is 9.71 Å². The molecule has 0 atom stereocenters. The molecule has 0 aromatic carbocycles. The van der Waals surface area contributed by atoms with Crippen LogP contribution in [-0.4, -0.2) is 30.1 Å². The number of nitrogens with zero attached hydrogens (tertiary/aromatic N) is 2. The van der Waals surface area contributed by atoms with Gasteiger partial charge in [0.2, 0.25) is 0 Å². The molecule has 1 fully saturated rings. The maximum Gasteiger partial charge on any atom is 0.260 e. The molecular formula is C13H24N4O2S. The van der Waals surface area contributed by atoms with Gasteiger partial charge in [-0.3, -0.25) is 0 Å². The Hall–Kier alpha value is -0.920. The van der Waals surface area contributed by atoms with E-state index < -0.39 is 15.6 Å². The lowest BCUT2D eigenvalue weighted by atomic mass is 9.83. The molecule has 0 bridgehead atoms. The van der Waals surface area contributed by atoms with Crippen molar-refractivity contribution in [3.05, 3.63) is 12.0 Å². The third kappa shape index (κ3) is 3.05. The molecule has 1 heterocycles. The van der Waals surface area contributed by atoms with Gasteiger partial charge in [0.25, 0.3) is 10.0 Å². The van der Waals surface area contributed by atoms with Gasteiger partial charge in [0, 0.05) is 24.8 Å². The highest BCUT2D eigenvalue weighted by molar-refractivity contribution is 7.89. The topological polar surface area (TPSA) is 90.0 Å². The molecule has 1 aliphatic rings. The minimum atomic E-state index is -3.60. The fourth-order valence-electron chi connectivity index (χ4n) is 2.84. The van der Waals surface area contributed by atoms with E-state index >= 15 is 0 Å². The molecule has 0 spiro atoms. The predicted molar refractivity (Wildman–Crippen MR) is 77.8 cm³/mol. The Kier molecular flexibility index (Phi) is 4.51. The van der Waals surface area contributed by atoms with Gasteiger partial charge in [-0.05, 0) is 26.7 Å². The first-order valence-corrected chi connectivity index (χ1v) is 8.68. The second-order valence-electron chi connectivity index (χ2n) is 5.56. The summed E-state index contributed by atoms with van der Waals surface area (Å²) in [6, 6.07) is 0. The average molecular weight is 300 g/mol. The Morgan fingerprint density at radius 1 is 1.40 bits per heavy atom. The van der Waals surface area contributed by atoms with E-state index in [4.69, 9.17) is 5.73 Å². The molecule has 0 aliphatic heterocycles. The summed E-state index contributed by atoms with van der Waals surface area (Å²) in [7, 11) is -3.60. The van der Waals surface area contributed by atoms with Crippen molar-refractivity contribution in [3.8, 4) is 0 Å². The van der Waals surface area contributed by atoms with E-state index in [0.29, 0.717) is 18.9 Å². The minimum Gasteiger partial charge on any atom is -0.334 e. The molecule has 1 aromatic rings. The molecule has 6 nitrogen and oxygen atoms in total. The zero-order chi connectivity index (χ0) is 14.8. The van der Waals surface area contributed by atoms with Crippen molar-refractivity contribution in [1.82, 2.24) is 14.3 Å². The number of sulfonamides is 1. The maximum atomic E-state index is 12.5. The summed E-state index contributed by atoms with van der Waals surface area (Å²) in [5.74, 6) is 0.707. The van der Waals surface area contributed by atoms with Gasteiger partial charge in [0.1, 0.15) is 5.82 Å². The number of hydrogen-bond donors (Lipinski definition) is 2. The van der Waals surface area contributed by atoms with Crippen LogP contribution in [0.4, 0.5) is 0 Å². The first kappa shape index (κ1) is 15.5. The molecule has 1 aromatic heterocycles. The van der Waals surface area contributed by atoms with E-state index in [9.17, 15) is 8.42 Å². The summed E-state index contributed by atoms with van der Waals surface area (Å²) in [5, 5.41) is 0.0928. The summed E-state index contributed by atoms with van der Waals surface area (Å²) < 4.78 is 29.6. The maximum absolute atomic E-state index is 12.5. The van der Waals surface area contributed by atoms with Crippen molar-refractivity contribution < 1.29 is 8.42 Å². The van der Waals surface area contributed by atoms with E-state index in [-0.39, 0.29) is 5.03 Å². The quantitative estimate of drug-likeness (QED) is 0.853. The molecule has 0 amide bonds. The Bertz CT molecular complexity index is 559. The van der Waals surface area contributed by atoms with E-state index in [1.54, 1.807) is 6.20 Å². The summed E-state index contributed by atoms with van der Waals surface area (Å²) in [6.45, 7) is 4.80. The molecule has 7 heteroatoms. The minimum absolute atomic E-state index is 0.0928. The highest BCUT2D eigenvalue weighted by atomic mass is 32.2. The Morgan fingerprint density at radius 3 is 2.55 bits per heavy atom. The molecular weight excluding hydrogens is 276 g/mol. The second kappa shape index (κ2) is 5.83. The molecule has 0 unspecified atom stereocenters. The Morgan fingerprint density at radius 2 is 2.05 bits per heavy atom. The largest absolute Gasteiger partial charge is 0.334 e. The number of aryl methyl sites for hydroxylation is 2. The number of rotatable bonds is 5. The van der Waals surface area contributed by atoms with Crippen molar-refractivity contribution in [1.29, 1.82) is 0 Å². The molecule has 2 rings (SSSR count). The smallest absolute Gasteiger partial charge is 0.260 e. The van der Waals surface area contributed by atoms with Crippen LogP contribution in [-0.2, 0) is 16.6 Å². The number of nitrogens with one attached hydrogen (secondary N) is 1. The molecule has 1 aliphatic carbocycles. The van der Waals surface area contributed by atoms with Gasteiger partial charge in [-0.2, -0.15) is 0 Å². The van der Waals surface area contributed by atoms with E-state index in [0.717, 1.165) is 32.1 Å². The lowest BCUT2D eigenvalue weighted by molar-refractivity contribution is 0.276. The molecule has 20 heavy (non-hydrogen) atoms. The zero-order valence-electron chi connectivity index (χ0n) is 12.2. The average Bonchev–Trinajstić information content (AvgIpc) is 2.81. The monoisotopic (exact) mass is 300 g/mol. The normalized spacial score (nSPS) is 19.1. The summed E-state index contributed by atoms with van der Waals surface area (Å²) in [4.78, 5) is 4.16. The standard InChI is InChI=1S/C13H24N4O2S/c1-3-17-9-12(15-11(17)2)20(18,19)16-13(10-14)7-5-4-6-8-13/h9,16H,3-8,10,14H2,1-2H3. The number of imidazole rings is 1. The number of nitrogens with two attached hydrogens (primary N) is 1. The molecule has 0 saturated heterocycles. The fourth-order valence-corrected chi connectivity index (χ4v) is 4.32. The van der Waals surface area contributed by atoms with Crippen molar-refractivity contribution in [2.45, 2.75) is 63.1 Å². The van der Waals surface area contributed by atoms with Crippen LogP contribution in [0.2, 0.25) is 0 Å². The van der Waals surface area contributed by atoms with Gasteiger partial charge in [-0.25, -0.2) is 18.1 Å². The first-order chi connectivity index (χ1) is 9.42. The third-order valence-corrected chi connectivity index (χ3v) is 5.57. The number of aromatic nitrogens is 2. The highest BCUT2D eigenvalue weighted by Gasteiger charge is 2.36. The first-order valence-electron chi connectivity index (χ1n) is 7.20. The predicted octanol–water partition coefficient (Wildman–Crippen LogP) is 1.15. The van der Waals surface area contributed by atoms with Crippen LogP contribution >= 0.6 is 0 Å². The van der Waals surface area contributed by atoms with Crippen molar-refractivity contribution in [2.75, 3.05) is 6.54 Å². The van der Waals surface area contributed by atoms with Crippen molar-refractivity contribution in [2.24, 2.45) is 5.73 Å². The second-order valence-corrected chi connectivity index (χ2v) is 7.19. The van der Waals surface area contributed by atoms with Crippen LogP contribution in [0.25, 0.3) is 0 Å². The van der Waals surface area contributed by atoms with Crippen LogP contribution in [0.5, 0.6) is 0 Å². The van der Waals surface area contributed by atoms with Gasteiger partial charge < -0.3 is 10.3 Å². The van der Waals surface area contributed by atoms with Crippen molar-refractivity contribution in [3.63, 3.8) is 0 Å². The highest BCUT2D eigenvalue weighted by Crippen LogP contribution is 2.29. The van der Waals surface area contributed by atoms with Crippen LogP contribution in [0.15, 0.2) is 11.2 Å². The fraction of sp³-hybridized carbons (Fsp3) is 0.769. The zero-order valence-corrected chi connectivity index (χ0v) is 13.0. The van der Waals surface area contributed by atoms with Gasteiger partial charge in [0.15, 0.2) is 5.03 Å². The van der Waals surface area contributed by atoms with Crippen LogP contribution in [0.3, 0.4) is 0 Å². The van der Waals surface area contributed by atoms with Crippen LogP contribution in [0.1, 0.15) is 44.9 Å². The summed E-state index contributed by atoms with van der Waals surface area (Å²) >= 11 is 0. The van der Waals surface area contributed by atoms with Crippen LogP contribution in [0, 0.1) is 6.92 Å². The third-order valence-electron chi connectivity index (χ3n) is 4.12. The molecule has 114 valence electrons. The molecule has 3 N–H and O–H groups in total. The lowest BCUT2D eigenvalue weighted by Gasteiger charge is -2.36. The summed E-state index contributed by atoms with van der Waals surface area (Å²) in [6.07, 6.45) is 6.37. The van der Waals surface area contributed by atoms with E-state index in [1.807, 2.05) is 18.4 Å². The Labute approximate surface area is 120 Å². The number of hydrogen-bond acceptors (Lipinski definition) is 4. The van der Waals surface area contributed by atoms with Gasteiger partial charge >= 0.3 is 0 Å². The molecule has 0 radical (unpaired) electrons. The van der Waals surface area contributed by atoms with Gasteiger partial charge in [-0.1, -0.05) is 19.3 Å². The van der Waals surface area contributed by atoms with E-state index in [1.165, 1.54) is 0 Å². The van der Waals surface area contributed by atoms with Gasteiger partial charge in [-0.15, -0.1) is 0 Å². The Balaban J connectivity index is 2.25. The molecule has 1 saturated carbocycles. The van der Waals surface area contributed by atoms with Crippen LogP contribution < -0.4 is 10.5 Å². The van der Waals surface area contributed by atoms with Crippen molar-refractivity contribution >= 4 is 10.0 Å².